The van der Waals surface area contributed by atoms with E-state index < -0.39 is 0 Å². The smallest absolute Gasteiger partial charge is 0.173 e. The van der Waals surface area contributed by atoms with Crippen LogP contribution in [-0.2, 0) is 0 Å². The van der Waals surface area contributed by atoms with Crippen LogP contribution in [0.4, 0.5) is 5.82 Å². The van der Waals surface area contributed by atoms with Gasteiger partial charge in [-0.15, -0.1) is 0 Å². The number of rotatable bonds is 1. The quantitative estimate of drug-likeness (QED) is 0.508. The molecule has 1 fully saturated rings. The highest BCUT2D eigenvalue weighted by molar-refractivity contribution is 5.84. The largest absolute Gasteiger partial charge is 0.381 e. The number of nitrogens with zero attached hydrogens (tertiary/aromatic N) is 2. The molecule has 0 aromatic carbocycles. The van der Waals surface area contributed by atoms with Crippen LogP contribution in [0.5, 0.6) is 0 Å². The number of nitrogens with two attached hydrogens (primary N) is 1. The van der Waals surface area contributed by atoms with Gasteiger partial charge in [0.2, 0.25) is 0 Å². The molecule has 1 heterocycles. The monoisotopic (exact) mass is 233 g/mol. The fraction of sp³-hybridized carbons (Fsp3) is 0.583. The lowest BCUT2D eigenvalue weighted by Gasteiger charge is -2.27. The van der Waals surface area contributed by atoms with E-state index in [1.54, 1.807) is 17.0 Å². The SMILES string of the molecule is CC1CCCC(C(=N)n2ccnc(N)c2=N)C1. The van der Waals surface area contributed by atoms with Crippen molar-refractivity contribution in [2.24, 2.45) is 11.8 Å². The summed E-state index contributed by atoms with van der Waals surface area (Å²) in [5.74, 6) is 1.58. The van der Waals surface area contributed by atoms with Gasteiger partial charge in [-0.1, -0.05) is 19.8 Å². The first-order valence-corrected chi connectivity index (χ1v) is 6.06. The van der Waals surface area contributed by atoms with Gasteiger partial charge < -0.3 is 5.73 Å². The molecule has 0 radical (unpaired) electrons. The Hall–Kier alpha value is -1.65. The van der Waals surface area contributed by atoms with Crippen molar-refractivity contribution in [2.45, 2.75) is 32.6 Å². The van der Waals surface area contributed by atoms with Gasteiger partial charge >= 0.3 is 0 Å². The minimum atomic E-state index is 0.121. The van der Waals surface area contributed by atoms with Crippen molar-refractivity contribution in [3.8, 4) is 0 Å². The number of aromatic nitrogens is 2. The first-order valence-electron chi connectivity index (χ1n) is 6.06. The topological polar surface area (TPSA) is 91.5 Å². The Morgan fingerprint density at radius 3 is 3.00 bits per heavy atom. The number of nitrogen functional groups attached to an aromatic ring is 1. The summed E-state index contributed by atoms with van der Waals surface area (Å²) >= 11 is 0. The Balaban J connectivity index is 2.25. The molecule has 1 aromatic heterocycles. The van der Waals surface area contributed by atoms with Gasteiger partial charge in [0, 0.05) is 18.3 Å². The first kappa shape index (κ1) is 11.8. The maximum absolute atomic E-state index is 8.21. The molecule has 2 atom stereocenters. The number of hydrogen-bond donors (Lipinski definition) is 3. The molecule has 4 N–H and O–H groups in total. The van der Waals surface area contributed by atoms with E-state index in [1.807, 2.05) is 0 Å². The molecule has 5 nitrogen and oxygen atoms in total. The van der Waals surface area contributed by atoms with Crippen molar-refractivity contribution in [1.29, 1.82) is 10.8 Å². The Bertz CT molecular complexity index is 476. The zero-order valence-corrected chi connectivity index (χ0v) is 10.1. The Morgan fingerprint density at radius 1 is 1.53 bits per heavy atom. The van der Waals surface area contributed by atoms with Gasteiger partial charge in [0.25, 0.3) is 0 Å². The molecule has 92 valence electrons. The van der Waals surface area contributed by atoms with Gasteiger partial charge in [0.15, 0.2) is 11.3 Å². The van der Waals surface area contributed by atoms with Crippen molar-refractivity contribution in [3.05, 3.63) is 17.9 Å². The molecule has 0 amide bonds. The lowest BCUT2D eigenvalue weighted by molar-refractivity contribution is 0.334. The maximum Gasteiger partial charge on any atom is 0.173 e. The summed E-state index contributed by atoms with van der Waals surface area (Å²) < 4.78 is 1.55. The van der Waals surface area contributed by atoms with Crippen LogP contribution < -0.4 is 11.2 Å². The van der Waals surface area contributed by atoms with Crippen molar-refractivity contribution < 1.29 is 0 Å². The highest BCUT2D eigenvalue weighted by Crippen LogP contribution is 2.29. The Morgan fingerprint density at radius 2 is 2.29 bits per heavy atom. The summed E-state index contributed by atoms with van der Waals surface area (Å²) in [6.45, 7) is 2.23. The molecule has 1 aromatic rings. The van der Waals surface area contributed by atoms with Crippen molar-refractivity contribution >= 4 is 11.7 Å². The van der Waals surface area contributed by atoms with Crippen LogP contribution >= 0.6 is 0 Å². The summed E-state index contributed by atoms with van der Waals surface area (Å²) in [5.41, 5.74) is 5.72. The minimum absolute atomic E-state index is 0.121. The lowest BCUT2D eigenvalue weighted by atomic mass is 9.82. The second-order valence-corrected chi connectivity index (χ2v) is 4.89. The predicted molar refractivity (Wildman–Crippen MR) is 66.7 cm³/mol. The van der Waals surface area contributed by atoms with E-state index in [2.05, 4.69) is 11.9 Å². The number of nitrogens with one attached hydrogen (secondary N) is 2. The van der Waals surface area contributed by atoms with Crippen LogP contribution in [0.15, 0.2) is 12.4 Å². The second-order valence-electron chi connectivity index (χ2n) is 4.89. The molecule has 1 aliphatic rings. The average Bonchev–Trinajstić information content (AvgIpc) is 2.32. The van der Waals surface area contributed by atoms with Gasteiger partial charge in [-0.25, -0.2) is 4.98 Å². The van der Waals surface area contributed by atoms with Crippen LogP contribution in [0.3, 0.4) is 0 Å². The lowest BCUT2D eigenvalue weighted by Crippen LogP contribution is -2.35. The zero-order valence-electron chi connectivity index (χ0n) is 10.1. The van der Waals surface area contributed by atoms with E-state index in [4.69, 9.17) is 16.6 Å². The highest BCUT2D eigenvalue weighted by atomic mass is 15.1. The van der Waals surface area contributed by atoms with Crippen molar-refractivity contribution in [3.63, 3.8) is 0 Å². The van der Waals surface area contributed by atoms with E-state index in [0.29, 0.717) is 11.8 Å². The molecule has 17 heavy (non-hydrogen) atoms. The number of hydrogen-bond acceptors (Lipinski definition) is 4. The fourth-order valence-corrected chi connectivity index (χ4v) is 2.52. The molecular formula is C12H19N5. The molecule has 0 aliphatic heterocycles. The molecule has 5 heteroatoms. The Kier molecular flexibility index (Phi) is 3.26. The first-order chi connectivity index (χ1) is 8.09. The van der Waals surface area contributed by atoms with Gasteiger partial charge in [0.1, 0.15) is 5.84 Å². The molecular weight excluding hydrogens is 214 g/mol. The van der Waals surface area contributed by atoms with Crippen LogP contribution in [-0.4, -0.2) is 15.4 Å². The maximum atomic E-state index is 8.21. The molecule has 1 aliphatic carbocycles. The summed E-state index contributed by atoms with van der Waals surface area (Å²) in [7, 11) is 0. The third-order valence-corrected chi connectivity index (χ3v) is 3.50. The summed E-state index contributed by atoms with van der Waals surface area (Å²) in [5, 5.41) is 16.0. The Labute approximate surface area is 101 Å². The summed E-state index contributed by atoms with van der Waals surface area (Å²) in [6.07, 6.45) is 7.70. The van der Waals surface area contributed by atoms with E-state index in [-0.39, 0.29) is 17.2 Å². The van der Waals surface area contributed by atoms with Crippen molar-refractivity contribution in [1.82, 2.24) is 9.55 Å². The molecule has 2 unspecified atom stereocenters. The van der Waals surface area contributed by atoms with Crippen LogP contribution in [0.25, 0.3) is 0 Å². The van der Waals surface area contributed by atoms with Gasteiger partial charge in [-0.05, 0) is 18.8 Å². The number of anilines is 1. The van der Waals surface area contributed by atoms with Crippen LogP contribution in [0.1, 0.15) is 32.6 Å². The normalized spacial score (nSPS) is 24.5. The van der Waals surface area contributed by atoms with Crippen LogP contribution in [0, 0.1) is 22.7 Å². The van der Waals surface area contributed by atoms with E-state index >= 15 is 0 Å². The predicted octanol–water partition coefficient (Wildman–Crippen LogP) is 1.60. The standard InChI is InChI=1S/C12H19N5/c1-8-3-2-4-9(7-8)11(14)17-6-5-16-10(13)12(17)15/h5-6,8-9,14-15H,2-4,7H2,1H3,(H2,13,16). The summed E-state index contributed by atoms with van der Waals surface area (Å²) in [4.78, 5) is 3.85. The average molecular weight is 233 g/mol. The molecule has 0 bridgehead atoms. The van der Waals surface area contributed by atoms with Crippen molar-refractivity contribution in [2.75, 3.05) is 5.73 Å². The zero-order chi connectivity index (χ0) is 12.4. The fourth-order valence-electron chi connectivity index (χ4n) is 2.52. The summed E-state index contributed by atoms with van der Waals surface area (Å²) in [6, 6.07) is 0. The third-order valence-electron chi connectivity index (χ3n) is 3.50. The minimum Gasteiger partial charge on any atom is -0.381 e. The highest BCUT2D eigenvalue weighted by Gasteiger charge is 2.23. The van der Waals surface area contributed by atoms with E-state index in [1.165, 1.54) is 12.8 Å². The molecule has 2 rings (SSSR count). The molecule has 0 spiro atoms. The second kappa shape index (κ2) is 4.69. The van der Waals surface area contributed by atoms with E-state index in [0.717, 1.165) is 12.8 Å². The molecule has 1 saturated carbocycles. The van der Waals surface area contributed by atoms with Gasteiger partial charge in [-0.2, -0.15) is 0 Å². The third kappa shape index (κ3) is 2.38. The van der Waals surface area contributed by atoms with Crippen LogP contribution in [0.2, 0.25) is 0 Å². The van der Waals surface area contributed by atoms with Gasteiger partial charge in [-0.3, -0.25) is 15.4 Å². The van der Waals surface area contributed by atoms with E-state index in [9.17, 15) is 0 Å². The molecule has 0 saturated heterocycles. The van der Waals surface area contributed by atoms with Gasteiger partial charge in [0.05, 0.1) is 0 Å².